The molecule has 1 fully saturated rings. The van der Waals surface area contributed by atoms with Crippen molar-refractivity contribution in [2.24, 2.45) is 11.8 Å². The fraction of sp³-hybridized carbons (Fsp3) is 1.00. The van der Waals surface area contributed by atoms with Crippen LogP contribution in [0.1, 0.15) is 64.7 Å². The molecule has 0 saturated heterocycles. The van der Waals surface area contributed by atoms with Gasteiger partial charge >= 0.3 is 0 Å². The molecule has 2 heteroatoms. The predicted octanol–water partition coefficient (Wildman–Crippen LogP) is 4.42. The van der Waals surface area contributed by atoms with E-state index in [9.17, 15) is 0 Å². The van der Waals surface area contributed by atoms with Crippen molar-refractivity contribution < 1.29 is 9.47 Å². The van der Waals surface area contributed by atoms with Crippen molar-refractivity contribution in [3.8, 4) is 0 Å². The topological polar surface area (TPSA) is 18.5 Å². The molecule has 0 aromatic carbocycles. The highest BCUT2D eigenvalue weighted by Gasteiger charge is 2.30. The van der Waals surface area contributed by atoms with E-state index in [-0.39, 0.29) is 0 Å². The van der Waals surface area contributed by atoms with Crippen molar-refractivity contribution in [2.45, 2.75) is 70.8 Å². The first kappa shape index (κ1) is 16.0. The maximum Gasteiger partial charge on any atom is 0.0624 e. The largest absolute Gasteiger partial charge is 0.384 e. The third-order valence-electron chi connectivity index (χ3n) is 4.49. The molecule has 2 nitrogen and oxygen atoms in total. The van der Waals surface area contributed by atoms with E-state index in [2.05, 4.69) is 6.92 Å². The molecule has 0 radical (unpaired) electrons. The van der Waals surface area contributed by atoms with Crippen LogP contribution >= 0.6 is 0 Å². The molecular formula is C16H32O2. The standard InChI is InChI=1S/C16H32O2/c1-4-5-7-12-16(18-3)15(13-17-2)14-10-8-6-9-11-14/h14-16H,4-13H2,1-3H3. The van der Waals surface area contributed by atoms with Crippen LogP contribution < -0.4 is 0 Å². The van der Waals surface area contributed by atoms with Crippen LogP contribution in [0.5, 0.6) is 0 Å². The Morgan fingerprint density at radius 2 is 1.78 bits per heavy atom. The molecule has 0 spiro atoms. The first-order chi connectivity index (χ1) is 8.83. The Hall–Kier alpha value is -0.0800. The number of rotatable bonds is 9. The second kappa shape index (κ2) is 9.80. The highest BCUT2D eigenvalue weighted by Crippen LogP contribution is 2.34. The molecule has 2 atom stereocenters. The smallest absolute Gasteiger partial charge is 0.0624 e. The highest BCUT2D eigenvalue weighted by molar-refractivity contribution is 4.80. The van der Waals surface area contributed by atoms with Gasteiger partial charge in [-0.05, 0) is 12.3 Å². The molecule has 0 heterocycles. The molecule has 1 saturated carbocycles. The van der Waals surface area contributed by atoms with Gasteiger partial charge in [0.2, 0.25) is 0 Å². The monoisotopic (exact) mass is 256 g/mol. The number of unbranched alkanes of at least 4 members (excludes halogenated alkanes) is 2. The summed E-state index contributed by atoms with van der Waals surface area (Å²) in [7, 11) is 3.71. The number of methoxy groups -OCH3 is 2. The van der Waals surface area contributed by atoms with Crippen molar-refractivity contribution in [3.63, 3.8) is 0 Å². The van der Waals surface area contributed by atoms with Gasteiger partial charge in [-0.2, -0.15) is 0 Å². The molecule has 18 heavy (non-hydrogen) atoms. The van der Waals surface area contributed by atoms with E-state index in [1.165, 1.54) is 57.8 Å². The summed E-state index contributed by atoms with van der Waals surface area (Å²) in [6.07, 6.45) is 12.5. The summed E-state index contributed by atoms with van der Waals surface area (Å²) in [6.45, 7) is 3.13. The van der Waals surface area contributed by atoms with Crippen molar-refractivity contribution in [1.29, 1.82) is 0 Å². The normalized spacial score (nSPS) is 20.8. The van der Waals surface area contributed by atoms with Gasteiger partial charge in [0.1, 0.15) is 0 Å². The van der Waals surface area contributed by atoms with E-state index in [4.69, 9.17) is 9.47 Å². The average molecular weight is 256 g/mol. The Bertz CT molecular complexity index is 188. The maximum atomic E-state index is 5.78. The second-order valence-electron chi connectivity index (χ2n) is 5.79. The molecule has 108 valence electrons. The molecular weight excluding hydrogens is 224 g/mol. The molecule has 0 aliphatic heterocycles. The minimum atomic E-state index is 0.402. The zero-order valence-corrected chi connectivity index (χ0v) is 12.6. The van der Waals surface area contributed by atoms with Crippen molar-refractivity contribution in [2.75, 3.05) is 20.8 Å². The number of hydrogen-bond acceptors (Lipinski definition) is 2. The summed E-state index contributed by atoms with van der Waals surface area (Å²) in [5, 5.41) is 0. The van der Waals surface area contributed by atoms with Crippen molar-refractivity contribution >= 4 is 0 Å². The second-order valence-corrected chi connectivity index (χ2v) is 5.79. The van der Waals surface area contributed by atoms with Crippen LogP contribution in [0.4, 0.5) is 0 Å². The number of ether oxygens (including phenoxy) is 2. The highest BCUT2D eigenvalue weighted by atomic mass is 16.5. The average Bonchev–Trinajstić information content (AvgIpc) is 2.43. The van der Waals surface area contributed by atoms with E-state index in [1.54, 1.807) is 0 Å². The Kier molecular flexibility index (Phi) is 8.70. The zero-order chi connectivity index (χ0) is 13.2. The van der Waals surface area contributed by atoms with Gasteiger partial charge in [0.15, 0.2) is 0 Å². The SMILES string of the molecule is CCCCCC(OC)C(COC)C1CCCCC1. The summed E-state index contributed by atoms with van der Waals surface area (Å²) in [5.41, 5.74) is 0. The minimum absolute atomic E-state index is 0.402. The van der Waals surface area contributed by atoms with Crippen LogP contribution in [0.25, 0.3) is 0 Å². The van der Waals surface area contributed by atoms with E-state index in [1.807, 2.05) is 14.2 Å². The summed E-state index contributed by atoms with van der Waals surface area (Å²) in [6, 6.07) is 0. The van der Waals surface area contributed by atoms with Crippen LogP contribution in [0.3, 0.4) is 0 Å². The first-order valence-corrected chi connectivity index (χ1v) is 7.85. The summed E-state index contributed by atoms with van der Waals surface area (Å²) in [4.78, 5) is 0. The third-order valence-corrected chi connectivity index (χ3v) is 4.49. The van der Waals surface area contributed by atoms with E-state index < -0.39 is 0 Å². The van der Waals surface area contributed by atoms with Crippen LogP contribution in [0.15, 0.2) is 0 Å². The van der Waals surface area contributed by atoms with E-state index in [0.717, 1.165) is 12.5 Å². The van der Waals surface area contributed by atoms with E-state index in [0.29, 0.717) is 12.0 Å². The Balaban J connectivity index is 2.49. The molecule has 0 bridgehead atoms. The predicted molar refractivity (Wildman–Crippen MR) is 76.9 cm³/mol. The molecule has 0 aromatic heterocycles. The quantitative estimate of drug-likeness (QED) is 0.568. The molecule has 0 amide bonds. The zero-order valence-electron chi connectivity index (χ0n) is 12.6. The van der Waals surface area contributed by atoms with Gasteiger partial charge < -0.3 is 9.47 Å². The fourth-order valence-electron chi connectivity index (χ4n) is 3.40. The van der Waals surface area contributed by atoms with Crippen LogP contribution in [-0.4, -0.2) is 26.9 Å². The summed E-state index contributed by atoms with van der Waals surface area (Å²) < 4.78 is 11.3. The van der Waals surface area contributed by atoms with Gasteiger partial charge in [0.25, 0.3) is 0 Å². The van der Waals surface area contributed by atoms with Crippen LogP contribution in [0.2, 0.25) is 0 Å². The van der Waals surface area contributed by atoms with Gasteiger partial charge in [-0.1, -0.05) is 58.3 Å². The van der Waals surface area contributed by atoms with Crippen LogP contribution in [-0.2, 0) is 9.47 Å². The lowest BCUT2D eigenvalue weighted by Crippen LogP contribution is -2.34. The third kappa shape index (κ3) is 5.27. The van der Waals surface area contributed by atoms with Crippen LogP contribution in [0, 0.1) is 11.8 Å². The van der Waals surface area contributed by atoms with Crippen molar-refractivity contribution in [1.82, 2.24) is 0 Å². The van der Waals surface area contributed by atoms with Gasteiger partial charge in [-0.15, -0.1) is 0 Å². The lowest BCUT2D eigenvalue weighted by Gasteiger charge is -2.35. The summed E-state index contributed by atoms with van der Waals surface area (Å²) >= 11 is 0. The Labute approximate surface area is 113 Å². The minimum Gasteiger partial charge on any atom is -0.384 e. The lowest BCUT2D eigenvalue weighted by molar-refractivity contribution is -0.0245. The molecule has 1 aliphatic rings. The van der Waals surface area contributed by atoms with E-state index >= 15 is 0 Å². The summed E-state index contributed by atoms with van der Waals surface area (Å²) in [5.74, 6) is 1.43. The Morgan fingerprint density at radius 3 is 2.33 bits per heavy atom. The van der Waals surface area contributed by atoms with Gasteiger partial charge in [0, 0.05) is 20.1 Å². The molecule has 0 aromatic rings. The van der Waals surface area contributed by atoms with Crippen molar-refractivity contribution in [3.05, 3.63) is 0 Å². The van der Waals surface area contributed by atoms with Gasteiger partial charge in [0.05, 0.1) is 12.7 Å². The molecule has 2 unspecified atom stereocenters. The first-order valence-electron chi connectivity index (χ1n) is 7.85. The molecule has 0 N–H and O–H groups in total. The lowest BCUT2D eigenvalue weighted by atomic mass is 9.76. The maximum absolute atomic E-state index is 5.78. The van der Waals surface area contributed by atoms with Gasteiger partial charge in [-0.25, -0.2) is 0 Å². The number of hydrogen-bond donors (Lipinski definition) is 0. The fourth-order valence-corrected chi connectivity index (χ4v) is 3.40. The Morgan fingerprint density at radius 1 is 1.06 bits per heavy atom. The van der Waals surface area contributed by atoms with Gasteiger partial charge in [-0.3, -0.25) is 0 Å². The molecule has 1 rings (SSSR count). The molecule has 1 aliphatic carbocycles.